The van der Waals surface area contributed by atoms with Crippen LogP contribution in [0.15, 0.2) is 78.9 Å². The molecular weight excluding hydrogens is 420 g/mol. The van der Waals surface area contributed by atoms with Crippen LogP contribution in [0.3, 0.4) is 0 Å². The number of para-hydroxylation sites is 1. The second-order valence-electron chi connectivity index (χ2n) is 7.51. The average Bonchev–Trinajstić information content (AvgIpc) is 3.25. The summed E-state index contributed by atoms with van der Waals surface area (Å²) in [5, 5.41) is 26.2. The van der Waals surface area contributed by atoms with Crippen molar-refractivity contribution in [1.29, 1.82) is 0 Å². The first-order valence-corrected chi connectivity index (χ1v) is 10.2. The molecule has 0 unspecified atom stereocenters. The van der Waals surface area contributed by atoms with Crippen molar-refractivity contribution in [1.82, 2.24) is 19.8 Å². The predicted octanol–water partition coefficient (Wildman–Crippen LogP) is 4.34. The van der Waals surface area contributed by atoms with E-state index in [1.54, 1.807) is 9.42 Å². The van der Waals surface area contributed by atoms with Crippen molar-refractivity contribution in [3.05, 3.63) is 106 Å². The normalized spacial score (nSPS) is 11.1. The molecule has 0 bridgehead atoms. The Balaban J connectivity index is 1.58. The van der Waals surface area contributed by atoms with Crippen LogP contribution in [-0.4, -0.2) is 30.6 Å². The third-order valence-corrected chi connectivity index (χ3v) is 5.45. The summed E-state index contributed by atoms with van der Waals surface area (Å²) in [6.45, 7) is 2.04. The molecule has 1 amide bonds. The van der Waals surface area contributed by atoms with Crippen molar-refractivity contribution in [2.45, 2.75) is 13.5 Å². The maximum absolute atomic E-state index is 13.4. The SMILES string of the molecule is Cc1nn2c(CN(C(=O)c3ccc([N+](=O)[O-])cc3)c3ccccc3)nnc2c2ccccc12. The molecule has 0 fully saturated rings. The molecule has 9 heteroatoms. The molecule has 0 aliphatic carbocycles. The molecule has 5 rings (SSSR count). The molecule has 2 aromatic heterocycles. The number of nitro groups is 1. The first-order chi connectivity index (χ1) is 16.0. The Hall–Kier alpha value is -4.66. The van der Waals surface area contributed by atoms with Crippen LogP contribution in [-0.2, 0) is 6.54 Å². The zero-order valence-corrected chi connectivity index (χ0v) is 17.6. The minimum absolute atomic E-state index is 0.0761. The van der Waals surface area contributed by atoms with E-state index in [-0.39, 0.29) is 18.1 Å². The van der Waals surface area contributed by atoms with Crippen molar-refractivity contribution in [3.63, 3.8) is 0 Å². The molecule has 0 saturated carbocycles. The maximum atomic E-state index is 13.4. The first-order valence-electron chi connectivity index (χ1n) is 10.2. The van der Waals surface area contributed by atoms with E-state index in [0.717, 1.165) is 16.5 Å². The number of non-ortho nitro benzene ring substituents is 1. The molecule has 0 aliphatic heterocycles. The van der Waals surface area contributed by atoms with Gasteiger partial charge in [-0.25, -0.2) is 0 Å². The highest BCUT2D eigenvalue weighted by atomic mass is 16.6. The summed E-state index contributed by atoms with van der Waals surface area (Å²) in [6, 6.07) is 22.6. The molecule has 9 nitrogen and oxygen atoms in total. The van der Waals surface area contributed by atoms with Crippen LogP contribution in [0.1, 0.15) is 21.9 Å². The molecule has 0 spiro atoms. The zero-order chi connectivity index (χ0) is 22.9. The van der Waals surface area contributed by atoms with Gasteiger partial charge in [0.05, 0.1) is 17.2 Å². The van der Waals surface area contributed by atoms with Gasteiger partial charge in [-0.05, 0) is 31.2 Å². The lowest BCUT2D eigenvalue weighted by molar-refractivity contribution is -0.384. The molecule has 0 N–H and O–H groups in total. The van der Waals surface area contributed by atoms with E-state index in [0.29, 0.717) is 22.7 Å². The predicted molar refractivity (Wildman–Crippen MR) is 123 cm³/mol. The highest BCUT2D eigenvalue weighted by Gasteiger charge is 2.22. The van der Waals surface area contributed by atoms with Gasteiger partial charge in [0.25, 0.3) is 11.6 Å². The fraction of sp³-hybridized carbons (Fsp3) is 0.0833. The van der Waals surface area contributed by atoms with E-state index >= 15 is 0 Å². The van der Waals surface area contributed by atoms with Crippen molar-refractivity contribution in [2.24, 2.45) is 0 Å². The lowest BCUT2D eigenvalue weighted by Crippen LogP contribution is -2.31. The summed E-state index contributed by atoms with van der Waals surface area (Å²) in [5.74, 6) is 0.184. The van der Waals surface area contributed by atoms with Crippen molar-refractivity contribution in [2.75, 3.05) is 4.90 Å². The first kappa shape index (κ1) is 20.3. The summed E-state index contributed by atoms with van der Waals surface area (Å²) in [6.07, 6.45) is 0. The quantitative estimate of drug-likeness (QED) is 0.298. The largest absolute Gasteiger partial charge is 0.301 e. The maximum Gasteiger partial charge on any atom is 0.269 e. The van der Waals surface area contributed by atoms with Crippen LogP contribution < -0.4 is 4.90 Å². The topological polar surface area (TPSA) is 107 Å². The van der Waals surface area contributed by atoms with Crippen LogP contribution in [0, 0.1) is 17.0 Å². The van der Waals surface area contributed by atoms with Crippen LogP contribution in [0.25, 0.3) is 16.4 Å². The minimum Gasteiger partial charge on any atom is -0.301 e. The van der Waals surface area contributed by atoms with Gasteiger partial charge in [0.1, 0.15) is 0 Å². The van der Waals surface area contributed by atoms with Gasteiger partial charge in [-0.15, -0.1) is 10.2 Å². The lowest BCUT2D eigenvalue weighted by atomic mass is 10.1. The van der Waals surface area contributed by atoms with E-state index < -0.39 is 4.92 Å². The Morgan fingerprint density at radius 1 is 0.939 bits per heavy atom. The van der Waals surface area contributed by atoms with E-state index in [1.807, 2.05) is 61.5 Å². The van der Waals surface area contributed by atoms with Crippen LogP contribution in [0.4, 0.5) is 11.4 Å². The Bertz CT molecular complexity index is 1500. The summed E-state index contributed by atoms with van der Waals surface area (Å²) < 4.78 is 1.66. The van der Waals surface area contributed by atoms with E-state index in [1.165, 1.54) is 24.3 Å². The number of rotatable bonds is 5. The van der Waals surface area contributed by atoms with E-state index in [9.17, 15) is 14.9 Å². The van der Waals surface area contributed by atoms with Crippen LogP contribution in [0.2, 0.25) is 0 Å². The van der Waals surface area contributed by atoms with Crippen molar-refractivity contribution < 1.29 is 9.72 Å². The number of amides is 1. The van der Waals surface area contributed by atoms with Crippen LogP contribution in [0.5, 0.6) is 0 Å². The molecular formula is C24H18N6O3. The van der Waals surface area contributed by atoms with Crippen LogP contribution >= 0.6 is 0 Å². The van der Waals surface area contributed by atoms with E-state index in [2.05, 4.69) is 15.3 Å². The summed E-state index contributed by atoms with van der Waals surface area (Å²) in [4.78, 5) is 25.5. The number of fused-ring (bicyclic) bond motifs is 3. The average molecular weight is 438 g/mol. The number of nitro benzene ring substituents is 1. The van der Waals surface area contributed by atoms with Gasteiger partial charge in [-0.3, -0.25) is 14.9 Å². The molecule has 5 aromatic rings. The van der Waals surface area contributed by atoms with Gasteiger partial charge in [-0.2, -0.15) is 9.61 Å². The Labute approximate surface area is 188 Å². The van der Waals surface area contributed by atoms with Gasteiger partial charge in [0, 0.05) is 34.2 Å². The third-order valence-electron chi connectivity index (χ3n) is 5.45. The Morgan fingerprint density at radius 2 is 1.61 bits per heavy atom. The minimum atomic E-state index is -0.496. The Kier molecular flexibility index (Phi) is 4.98. The highest BCUT2D eigenvalue weighted by Crippen LogP contribution is 2.24. The summed E-state index contributed by atoms with van der Waals surface area (Å²) >= 11 is 0. The molecule has 0 atom stereocenters. The summed E-state index contributed by atoms with van der Waals surface area (Å²) in [7, 11) is 0. The van der Waals surface area contributed by atoms with Gasteiger partial charge < -0.3 is 4.90 Å². The van der Waals surface area contributed by atoms with Gasteiger partial charge in [-0.1, -0.05) is 42.5 Å². The molecule has 33 heavy (non-hydrogen) atoms. The zero-order valence-electron chi connectivity index (χ0n) is 17.6. The fourth-order valence-electron chi connectivity index (χ4n) is 3.79. The fourth-order valence-corrected chi connectivity index (χ4v) is 3.79. The molecule has 0 radical (unpaired) electrons. The summed E-state index contributed by atoms with van der Waals surface area (Å²) in [5.41, 5.74) is 2.35. The number of hydrogen-bond donors (Lipinski definition) is 0. The number of benzene rings is 3. The number of carbonyl (C=O) groups excluding carboxylic acids is 1. The molecule has 0 saturated heterocycles. The smallest absolute Gasteiger partial charge is 0.269 e. The van der Waals surface area contributed by atoms with Gasteiger partial charge in [0.2, 0.25) is 0 Å². The molecule has 162 valence electrons. The number of anilines is 1. The number of aryl methyl sites for hydroxylation is 1. The highest BCUT2D eigenvalue weighted by molar-refractivity contribution is 6.06. The second-order valence-corrected chi connectivity index (χ2v) is 7.51. The number of carbonyl (C=O) groups is 1. The molecule has 2 heterocycles. The van der Waals surface area contributed by atoms with Gasteiger partial charge in [0.15, 0.2) is 11.5 Å². The standard InChI is InChI=1S/C24H18N6O3/c1-16-20-9-5-6-10-21(20)23-26-25-22(29(23)27-16)15-28(18-7-3-2-4-8-18)24(31)17-11-13-19(14-12-17)30(32)33/h2-14H,15H2,1H3. The third kappa shape index (κ3) is 3.65. The van der Waals surface area contributed by atoms with Crippen molar-refractivity contribution >= 4 is 33.7 Å². The van der Waals surface area contributed by atoms with Crippen molar-refractivity contribution in [3.8, 4) is 0 Å². The molecule has 0 aliphatic rings. The number of nitrogens with zero attached hydrogens (tertiary/aromatic N) is 6. The lowest BCUT2D eigenvalue weighted by Gasteiger charge is -2.22. The number of hydrogen-bond acceptors (Lipinski definition) is 6. The second kappa shape index (κ2) is 8.12. The van der Waals surface area contributed by atoms with E-state index in [4.69, 9.17) is 0 Å². The molecule has 3 aromatic carbocycles. The monoisotopic (exact) mass is 438 g/mol. The number of aromatic nitrogens is 4. The Morgan fingerprint density at radius 3 is 2.30 bits per heavy atom. The van der Waals surface area contributed by atoms with Gasteiger partial charge >= 0.3 is 0 Å².